The van der Waals surface area contributed by atoms with E-state index in [0.717, 1.165) is 39.9 Å². The first-order valence-electron chi connectivity index (χ1n) is 8.90. The van der Waals surface area contributed by atoms with E-state index in [0.29, 0.717) is 16.7 Å². The van der Waals surface area contributed by atoms with Crippen LogP contribution in [0.1, 0.15) is 31.6 Å². The van der Waals surface area contributed by atoms with Gasteiger partial charge in [-0.1, -0.05) is 71.4 Å². The Morgan fingerprint density at radius 2 is 1.93 bits per heavy atom. The standard InChI is InChI=1S/C20H19BrN4OS/c1-2-3-12-27-20-23-19-17(24-25-20)15-6-4-5-7-16(15)22-18(26-19)13-8-10-14(21)11-9-13/h4-11,18,22H,2-3,12H2,1H3/t18-/m1/s1. The summed E-state index contributed by atoms with van der Waals surface area (Å²) < 4.78 is 7.29. The Bertz CT molecular complexity index is 936. The van der Waals surface area contributed by atoms with E-state index >= 15 is 0 Å². The lowest BCUT2D eigenvalue weighted by Gasteiger charge is -2.19. The minimum atomic E-state index is -0.356. The van der Waals surface area contributed by atoms with E-state index in [2.05, 4.69) is 43.4 Å². The molecular weight excluding hydrogens is 424 g/mol. The molecule has 1 aliphatic heterocycles. The first-order valence-corrected chi connectivity index (χ1v) is 10.7. The van der Waals surface area contributed by atoms with Crippen molar-refractivity contribution in [1.29, 1.82) is 0 Å². The molecule has 27 heavy (non-hydrogen) atoms. The van der Waals surface area contributed by atoms with Crippen molar-refractivity contribution in [2.75, 3.05) is 11.1 Å². The number of unbranched alkanes of at least 4 members (excludes halogenated alkanes) is 1. The zero-order valence-electron chi connectivity index (χ0n) is 14.9. The highest BCUT2D eigenvalue weighted by molar-refractivity contribution is 9.10. The Labute approximate surface area is 171 Å². The van der Waals surface area contributed by atoms with Gasteiger partial charge in [0.2, 0.25) is 11.0 Å². The summed E-state index contributed by atoms with van der Waals surface area (Å²) in [5.74, 6) is 1.48. The summed E-state index contributed by atoms with van der Waals surface area (Å²) >= 11 is 5.09. The number of fused-ring (bicyclic) bond motifs is 3. The van der Waals surface area contributed by atoms with Gasteiger partial charge in [-0.15, -0.1) is 10.2 Å². The SMILES string of the molecule is CCCCSc1nnc2c(n1)O[C@H](c1ccc(Br)cc1)Nc1ccccc1-2. The predicted molar refractivity (Wildman–Crippen MR) is 112 cm³/mol. The lowest BCUT2D eigenvalue weighted by molar-refractivity contribution is 0.225. The topological polar surface area (TPSA) is 59.9 Å². The van der Waals surface area contributed by atoms with Gasteiger partial charge in [0.05, 0.1) is 0 Å². The maximum Gasteiger partial charge on any atom is 0.247 e. The van der Waals surface area contributed by atoms with E-state index in [4.69, 9.17) is 4.74 Å². The molecule has 1 aliphatic rings. The molecule has 2 heterocycles. The van der Waals surface area contributed by atoms with Crippen LogP contribution in [-0.2, 0) is 0 Å². The third-order valence-electron chi connectivity index (χ3n) is 4.24. The van der Waals surface area contributed by atoms with Crippen LogP contribution in [0.4, 0.5) is 5.69 Å². The Morgan fingerprint density at radius 1 is 1.11 bits per heavy atom. The molecule has 0 spiro atoms. The lowest BCUT2D eigenvalue weighted by atomic mass is 10.1. The fourth-order valence-electron chi connectivity index (χ4n) is 2.80. The summed E-state index contributed by atoms with van der Waals surface area (Å²) in [6, 6.07) is 16.1. The third-order valence-corrected chi connectivity index (χ3v) is 5.69. The van der Waals surface area contributed by atoms with Crippen LogP contribution in [0.3, 0.4) is 0 Å². The van der Waals surface area contributed by atoms with E-state index in [-0.39, 0.29) is 6.23 Å². The van der Waals surface area contributed by atoms with Gasteiger partial charge in [0.1, 0.15) is 0 Å². The molecule has 0 bridgehead atoms. The van der Waals surface area contributed by atoms with Crippen molar-refractivity contribution in [3.05, 3.63) is 58.6 Å². The lowest BCUT2D eigenvalue weighted by Crippen LogP contribution is -2.17. The summed E-state index contributed by atoms with van der Waals surface area (Å²) in [6.45, 7) is 2.17. The minimum Gasteiger partial charge on any atom is -0.448 e. The number of hydrogen-bond donors (Lipinski definition) is 1. The normalized spacial score (nSPS) is 15.1. The average molecular weight is 443 g/mol. The van der Waals surface area contributed by atoms with Crippen LogP contribution in [0.2, 0.25) is 0 Å². The molecule has 0 fully saturated rings. The monoisotopic (exact) mass is 442 g/mol. The van der Waals surface area contributed by atoms with Gasteiger partial charge in [0.15, 0.2) is 11.9 Å². The summed E-state index contributed by atoms with van der Waals surface area (Å²) in [4.78, 5) is 4.66. The van der Waals surface area contributed by atoms with Gasteiger partial charge in [-0.25, -0.2) is 0 Å². The van der Waals surface area contributed by atoms with Crippen LogP contribution in [0.5, 0.6) is 5.88 Å². The molecular formula is C20H19BrN4OS. The average Bonchev–Trinajstić information content (AvgIpc) is 2.85. The van der Waals surface area contributed by atoms with Crippen molar-refractivity contribution in [3.8, 4) is 17.1 Å². The first kappa shape index (κ1) is 18.3. The number of halogens is 1. The van der Waals surface area contributed by atoms with Crippen LogP contribution in [0, 0.1) is 0 Å². The molecule has 0 amide bonds. The summed E-state index contributed by atoms with van der Waals surface area (Å²) in [7, 11) is 0. The predicted octanol–water partition coefficient (Wildman–Crippen LogP) is 5.70. The maximum absolute atomic E-state index is 6.26. The number of nitrogens with zero attached hydrogens (tertiary/aromatic N) is 3. The molecule has 1 atom stereocenters. The molecule has 0 saturated heterocycles. The largest absolute Gasteiger partial charge is 0.448 e. The molecule has 0 radical (unpaired) electrons. The molecule has 7 heteroatoms. The summed E-state index contributed by atoms with van der Waals surface area (Å²) in [5, 5.41) is 12.8. The number of aromatic nitrogens is 3. The van der Waals surface area contributed by atoms with Crippen LogP contribution < -0.4 is 10.1 Å². The number of benzene rings is 2. The van der Waals surface area contributed by atoms with E-state index in [1.807, 2.05) is 48.5 Å². The number of anilines is 1. The Morgan fingerprint density at radius 3 is 2.74 bits per heavy atom. The zero-order chi connectivity index (χ0) is 18.6. The minimum absolute atomic E-state index is 0.356. The van der Waals surface area contributed by atoms with E-state index in [1.54, 1.807) is 11.8 Å². The van der Waals surface area contributed by atoms with Crippen molar-refractivity contribution in [2.45, 2.75) is 31.1 Å². The van der Waals surface area contributed by atoms with Crippen molar-refractivity contribution >= 4 is 33.4 Å². The highest BCUT2D eigenvalue weighted by Crippen LogP contribution is 2.39. The van der Waals surface area contributed by atoms with Gasteiger partial charge >= 0.3 is 0 Å². The molecule has 3 aromatic rings. The van der Waals surface area contributed by atoms with Crippen LogP contribution in [-0.4, -0.2) is 20.9 Å². The van der Waals surface area contributed by atoms with Crippen molar-refractivity contribution in [1.82, 2.24) is 15.2 Å². The van der Waals surface area contributed by atoms with Gasteiger partial charge in [0.25, 0.3) is 0 Å². The number of nitrogens with one attached hydrogen (secondary N) is 1. The van der Waals surface area contributed by atoms with E-state index < -0.39 is 0 Å². The summed E-state index contributed by atoms with van der Waals surface area (Å²) in [6.07, 6.45) is 1.91. The van der Waals surface area contributed by atoms with Gasteiger partial charge < -0.3 is 10.1 Å². The molecule has 0 saturated carbocycles. The number of thioether (sulfide) groups is 1. The molecule has 4 rings (SSSR count). The number of hydrogen-bond acceptors (Lipinski definition) is 6. The van der Waals surface area contributed by atoms with Crippen molar-refractivity contribution in [2.24, 2.45) is 0 Å². The molecule has 0 unspecified atom stereocenters. The highest BCUT2D eigenvalue weighted by Gasteiger charge is 2.25. The first-order chi connectivity index (χ1) is 13.2. The van der Waals surface area contributed by atoms with E-state index in [9.17, 15) is 0 Å². The molecule has 2 aromatic carbocycles. The van der Waals surface area contributed by atoms with E-state index in [1.165, 1.54) is 0 Å². The van der Waals surface area contributed by atoms with Crippen LogP contribution in [0.15, 0.2) is 58.2 Å². The molecule has 0 aliphatic carbocycles. The summed E-state index contributed by atoms with van der Waals surface area (Å²) in [5.41, 5.74) is 3.57. The van der Waals surface area contributed by atoms with Gasteiger partial charge in [-0.2, -0.15) is 4.98 Å². The second-order valence-corrected chi connectivity index (χ2v) is 8.17. The maximum atomic E-state index is 6.26. The fourth-order valence-corrected chi connectivity index (χ4v) is 3.93. The smallest absolute Gasteiger partial charge is 0.247 e. The van der Waals surface area contributed by atoms with Gasteiger partial charge in [-0.3, -0.25) is 0 Å². The second kappa shape index (κ2) is 8.27. The molecule has 5 nitrogen and oxygen atoms in total. The Balaban J connectivity index is 1.73. The zero-order valence-corrected chi connectivity index (χ0v) is 17.3. The Kier molecular flexibility index (Phi) is 5.59. The highest BCUT2D eigenvalue weighted by atomic mass is 79.9. The quantitative estimate of drug-likeness (QED) is 0.404. The molecule has 1 aromatic heterocycles. The number of para-hydroxylation sites is 1. The second-order valence-electron chi connectivity index (χ2n) is 6.19. The van der Waals surface area contributed by atoms with Crippen molar-refractivity contribution in [3.63, 3.8) is 0 Å². The number of ether oxygens (including phenoxy) is 1. The van der Waals surface area contributed by atoms with Gasteiger partial charge in [0, 0.05) is 27.0 Å². The van der Waals surface area contributed by atoms with Crippen molar-refractivity contribution < 1.29 is 4.74 Å². The molecule has 138 valence electrons. The molecule has 1 N–H and O–H groups in total. The van der Waals surface area contributed by atoms with Gasteiger partial charge in [-0.05, 0) is 24.6 Å². The fraction of sp³-hybridized carbons (Fsp3) is 0.250. The van der Waals surface area contributed by atoms with Crippen LogP contribution in [0.25, 0.3) is 11.3 Å². The van der Waals surface area contributed by atoms with Crippen LogP contribution >= 0.6 is 27.7 Å². The number of rotatable bonds is 5. The third kappa shape index (κ3) is 4.09. The Hall–Kier alpha value is -2.12.